The Morgan fingerprint density at radius 2 is 1.13 bits per heavy atom. The van der Waals surface area contributed by atoms with Gasteiger partial charge in [-0.3, -0.25) is 4.79 Å². The zero-order valence-corrected chi connectivity index (χ0v) is 27.3. The van der Waals surface area contributed by atoms with Crippen LogP contribution in [0, 0.1) is 25.7 Å². The Balaban J connectivity index is 1.50. The van der Waals surface area contributed by atoms with Crippen LogP contribution in [0.5, 0.6) is 5.75 Å². The van der Waals surface area contributed by atoms with E-state index in [1.807, 2.05) is 50.2 Å². The zero-order valence-electron chi connectivity index (χ0n) is 25.7. The van der Waals surface area contributed by atoms with E-state index >= 15 is 0 Å². The van der Waals surface area contributed by atoms with Gasteiger partial charge in [-0.1, -0.05) is 77.9 Å². The Kier molecular flexibility index (Phi) is 8.48. The van der Waals surface area contributed by atoms with Gasteiger partial charge in [-0.25, -0.2) is 16.8 Å². The number of Topliss-reactive ketones (excluding diaryl/α,β-unsaturated/α-hetero) is 1. The van der Waals surface area contributed by atoms with E-state index in [0.29, 0.717) is 5.75 Å². The van der Waals surface area contributed by atoms with Crippen LogP contribution in [0.1, 0.15) is 53.4 Å². The van der Waals surface area contributed by atoms with Crippen molar-refractivity contribution in [2.75, 3.05) is 7.11 Å². The summed E-state index contributed by atoms with van der Waals surface area (Å²) in [6.07, 6.45) is 0.365. The summed E-state index contributed by atoms with van der Waals surface area (Å²) in [6.45, 7) is 3.88. The topological polar surface area (TPSA) is 94.6 Å². The van der Waals surface area contributed by atoms with Gasteiger partial charge in [0.15, 0.2) is 19.7 Å². The van der Waals surface area contributed by atoms with Crippen molar-refractivity contribution in [3.05, 3.63) is 125 Å². The lowest BCUT2D eigenvalue weighted by atomic mass is 9.61. The smallest absolute Gasteiger partial charge is 0.182 e. The number of fused-ring (bicyclic) bond motifs is 1. The highest BCUT2D eigenvalue weighted by molar-refractivity contribution is 7.92. The number of methoxy groups -OCH3 is 1. The van der Waals surface area contributed by atoms with Crippen LogP contribution in [-0.2, 0) is 24.5 Å². The minimum absolute atomic E-state index is 0.0245. The van der Waals surface area contributed by atoms with E-state index in [1.54, 1.807) is 73.8 Å². The number of rotatable bonds is 7. The molecule has 0 bridgehead atoms. The van der Waals surface area contributed by atoms with Gasteiger partial charge in [0.1, 0.15) is 11.5 Å². The van der Waals surface area contributed by atoms with E-state index in [0.717, 1.165) is 22.3 Å². The molecule has 0 amide bonds. The van der Waals surface area contributed by atoms with Gasteiger partial charge in [0.05, 0.1) is 27.4 Å². The predicted octanol–water partition coefficient (Wildman–Crippen LogP) is 6.86. The first-order valence-corrected chi connectivity index (χ1v) is 18.4. The van der Waals surface area contributed by atoms with Crippen molar-refractivity contribution in [3.63, 3.8) is 0 Å². The quantitative estimate of drug-likeness (QED) is 0.219. The molecule has 4 aromatic carbocycles. The van der Waals surface area contributed by atoms with Crippen molar-refractivity contribution < 1.29 is 26.4 Å². The third-order valence-corrected chi connectivity index (χ3v) is 14.4. The van der Waals surface area contributed by atoms with Crippen LogP contribution in [0.25, 0.3) is 0 Å². The van der Waals surface area contributed by atoms with E-state index in [4.69, 9.17) is 4.74 Å². The molecule has 8 heteroatoms. The molecule has 0 spiro atoms. The summed E-state index contributed by atoms with van der Waals surface area (Å²) >= 11 is 0. The van der Waals surface area contributed by atoms with E-state index in [1.165, 1.54) is 0 Å². The number of ether oxygens (including phenoxy) is 1. The zero-order chi connectivity index (χ0) is 31.9. The molecule has 2 aliphatic carbocycles. The largest absolute Gasteiger partial charge is 0.497 e. The fourth-order valence-corrected chi connectivity index (χ4v) is 11.8. The number of benzene rings is 4. The molecule has 6 nitrogen and oxygen atoms in total. The second-order valence-electron chi connectivity index (χ2n) is 12.5. The molecule has 2 aliphatic rings. The fourth-order valence-electron chi connectivity index (χ4n) is 7.50. The average molecular weight is 643 g/mol. The van der Waals surface area contributed by atoms with Crippen LogP contribution in [-0.4, -0.2) is 40.2 Å². The van der Waals surface area contributed by atoms with Crippen molar-refractivity contribution in [1.29, 1.82) is 0 Å². The van der Waals surface area contributed by atoms with E-state index in [2.05, 4.69) is 0 Å². The maximum absolute atomic E-state index is 14.6. The molecule has 0 radical (unpaired) electrons. The highest BCUT2D eigenvalue weighted by Crippen LogP contribution is 2.54. The van der Waals surface area contributed by atoms with E-state index < -0.39 is 53.8 Å². The maximum atomic E-state index is 14.6. The number of aryl methyl sites for hydroxylation is 2. The molecule has 6 atom stereocenters. The minimum atomic E-state index is -3.92. The number of carbonyl (C=O) groups is 1. The van der Waals surface area contributed by atoms with Crippen molar-refractivity contribution in [3.8, 4) is 5.75 Å². The molecule has 2 saturated carbocycles. The first-order valence-electron chi connectivity index (χ1n) is 15.3. The summed E-state index contributed by atoms with van der Waals surface area (Å²) in [6, 6.07) is 30.3. The fraction of sp³-hybridized carbons (Fsp3) is 0.324. The number of hydrogen-bond acceptors (Lipinski definition) is 6. The van der Waals surface area contributed by atoms with Crippen LogP contribution >= 0.6 is 0 Å². The van der Waals surface area contributed by atoms with Crippen LogP contribution in [0.2, 0.25) is 0 Å². The van der Waals surface area contributed by atoms with Gasteiger partial charge in [0.2, 0.25) is 0 Å². The van der Waals surface area contributed by atoms with Crippen molar-refractivity contribution in [1.82, 2.24) is 0 Å². The highest BCUT2D eigenvalue weighted by Gasteiger charge is 2.56. The summed E-state index contributed by atoms with van der Waals surface area (Å²) in [7, 11) is -6.21. The summed E-state index contributed by atoms with van der Waals surface area (Å²) in [4.78, 5) is 14.5. The highest BCUT2D eigenvalue weighted by atomic mass is 32.2. The standard InChI is InChI=1S/C37H38O6S2/c1-24-9-13-26(14-10-24)31-21-34-33(23-36(31)44(39,40)30-19-11-25(2)12-20-30)35(38)22-32(27-15-17-28(43-3)18-16-27)37(34)45(41,42)29-7-5-4-6-8-29/h4-20,31-34,36-37H,21-23H2,1-3H3/t31-,32-,33+,34-,36?,37?/m0/s1. The Labute approximate surface area is 266 Å². The second-order valence-corrected chi connectivity index (χ2v) is 16.8. The number of hydrogen-bond donors (Lipinski definition) is 0. The number of sulfone groups is 2. The molecule has 0 aliphatic heterocycles. The molecule has 2 unspecified atom stereocenters. The van der Waals surface area contributed by atoms with Gasteiger partial charge in [-0.2, -0.15) is 0 Å². The molecule has 0 heterocycles. The van der Waals surface area contributed by atoms with E-state index in [-0.39, 0.29) is 34.8 Å². The molecule has 0 N–H and O–H groups in total. The number of carbonyl (C=O) groups excluding carboxylic acids is 1. The minimum Gasteiger partial charge on any atom is -0.497 e. The molecule has 4 aromatic rings. The lowest BCUT2D eigenvalue weighted by Crippen LogP contribution is -2.53. The van der Waals surface area contributed by atoms with Crippen LogP contribution in [0.4, 0.5) is 0 Å². The average Bonchev–Trinajstić information content (AvgIpc) is 3.05. The third kappa shape index (κ3) is 5.86. The Morgan fingerprint density at radius 3 is 1.73 bits per heavy atom. The molecule has 45 heavy (non-hydrogen) atoms. The molecular weight excluding hydrogens is 605 g/mol. The lowest BCUT2D eigenvalue weighted by Gasteiger charge is -2.48. The Morgan fingerprint density at radius 1 is 0.600 bits per heavy atom. The molecule has 0 saturated heterocycles. The van der Waals surface area contributed by atoms with Gasteiger partial charge in [0, 0.05) is 24.2 Å². The molecule has 234 valence electrons. The van der Waals surface area contributed by atoms with Gasteiger partial charge >= 0.3 is 0 Å². The molecule has 2 fully saturated rings. The normalized spacial score (nSPS) is 25.4. The first kappa shape index (κ1) is 31.2. The van der Waals surface area contributed by atoms with Crippen molar-refractivity contribution in [2.24, 2.45) is 11.8 Å². The lowest BCUT2D eigenvalue weighted by molar-refractivity contribution is -0.128. The SMILES string of the molecule is COc1ccc([C@@H]2CC(=O)[C@@H]3CC(S(=O)(=O)c4ccc(C)cc4)[C@H](c4ccc(C)cc4)C[C@@H]3C2S(=O)(=O)c2ccccc2)cc1. The van der Waals surface area contributed by atoms with E-state index in [9.17, 15) is 21.6 Å². The van der Waals surface area contributed by atoms with Gasteiger partial charge in [0.25, 0.3) is 0 Å². The summed E-state index contributed by atoms with van der Waals surface area (Å²) in [5.74, 6) is -1.78. The first-order chi connectivity index (χ1) is 21.5. The Hall–Kier alpha value is -3.75. The maximum Gasteiger partial charge on any atom is 0.182 e. The van der Waals surface area contributed by atoms with Crippen LogP contribution in [0.3, 0.4) is 0 Å². The monoisotopic (exact) mass is 642 g/mol. The summed E-state index contributed by atoms with van der Waals surface area (Å²) in [5.41, 5.74) is 3.60. The van der Waals surface area contributed by atoms with Gasteiger partial charge in [-0.05, 0) is 80.1 Å². The Bertz CT molecular complexity index is 1880. The second kappa shape index (κ2) is 12.2. The molecule has 0 aromatic heterocycles. The van der Waals surface area contributed by atoms with Crippen molar-refractivity contribution >= 4 is 25.5 Å². The molecular formula is C37H38O6S2. The number of ketones is 1. The van der Waals surface area contributed by atoms with Gasteiger partial charge < -0.3 is 4.74 Å². The summed E-state index contributed by atoms with van der Waals surface area (Å²) < 4.78 is 63.3. The molecule has 6 rings (SSSR count). The van der Waals surface area contributed by atoms with Crippen LogP contribution < -0.4 is 4.74 Å². The predicted molar refractivity (Wildman–Crippen MR) is 175 cm³/mol. The third-order valence-electron chi connectivity index (χ3n) is 9.86. The summed E-state index contributed by atoms with van der Waals surface area (Å²) in [5, 5.41) is -1.78. The van der Waals surface area contributed by atoms with Gasteiger partial charge in [-0.15, -0.1) is 0 Å². The van der Waals surface area contributed by atoms with Crippen molar-refractivity contribution in [2.45, 2.75) is 65.2 Å². The van der Waals surface area contributed by atoms with Crippen LogP contribution in [0.15, 0.2) is 113 Å².